The Morgan fingerprint density at radius 2 is 2.14 bits per heavy atom. The number of aryl methyl sites for hydroxylation is 1. The summed E-state index contributed by atoms with van der Waals surface area (Å²) in [7, 11) is 0. The molecule has 0 atom stereocenters. The third kappa shape index (κ3) is 2.90. The van der Waals surface area contributed by atoms with Gasteiger partial charge < -0.3 is 19.2 Å². The van der Waals surface area contributed by atoms with E-state index in [1.807, 2.05) is 32.0 Å². The Morgan fingerprint density at radius 3 is 2.95 bits per heavy atom. The minimum absolute atomic E-state index is 0.0458. The van der Waals surface area contributed by atoms with Crippen molar-refractivity contribution >= 4 is 5.91 Å². The summed E-state index contributed by atoms with van der Waals surface area (Å²) in [5, 5.41) is 2.83. The summed E-state index contributed by atoms with van der Waals surface area (Å²) >= 11 is 0. The SMILES string of the molecule is CCCNC(=O)Cc1nc(-c2ccc3c(c2)OCO3)oc1C. The van der Waals surface area contributed by atoms with E-state index >= 15 is 0 Å². The highest BCUT2D eigenvalue weighted by Crippen LogP contribution is 2.36. The molecular formula is C16H18N2O4. The first-order valence-corrected chi connectivity index (χ1v) is 7.30. The molecule has 1 N–H and O–H groups in total. The summed E-state index contributed by atoms with van der Waals surface area (Å²) in [6, 6.07) is 5.51. The van der Waals surface area contributed by atoms with Gasteiger partial charge in [0.1, 0.15) is 5.76 Å². The summed E-state index contributed by atoms with van der Waals surface area (Å²) in [6.07, 6.45) is 1.13. The van der Waals surface area contributed by atoms with E-state index in [2.05, 4.69) is 10.3 Å². The van der Waals surface area contributed by atoms with Crippen molar-refractivity contribution in [1.29, 1.82) is 0 Å². The highest BCUT2D eigenvalue weighted by molar-refractivity contribution is 5.78. The normalized spacial score (nSPS) is 12.5. The predicted octanol–water partition coefficient (Wildman–Crippen LogP) is 2.45. The molecule has 3 rings (SSSR count). The van der Waals surface area contributed by atoms with Gasteiger partial charge in [0, 0.05) is 12.1 Å². The van der Waals surface area contributed by atoms with E-state index in [9.17, 15) is 4.79 Å². The molecule has 2 aromatic rings. The zero-order valence-corrected chi connectivity index (χ0v) is 12.6. The number of nitrogens with zero attached hydrogens (tertiary/aromatic N) is 1. The molecule has 6 nitrogen and oxygen atoms in total. The first-order valence-electron chi connectivity index (χ1n) is 7.30. The third-order valence-corrected chi connectivity index (χ3v) is 3.41. The van der Waals surface area contributed by atoms with Crippen molar-refractivity contribution in [3.8, 4) is 23.0 Å². The predicted molar refractivity (Wildman–Crippen MR) is 79.8 cm³/mol. The lowest BCUT2D eigenvalue weighted by molar-refractivity contribution is -0.120. The second kappa shape index (κ2) is 6.09. The molecule has 1 aliphatic rings. The maximum Gasteiger partial charge on any atom is 0.231 e. The minimum Gasteiger partial charge on any atom is -0.454 e. The fourth-order valence-corrected chi connectivity index (χ4v) is 2.22. The van der Waals surface area contributed by atoms with Crippen LogP contribution in [0.5, 0.6) is 11.5 Å². The largest absolute Gasteiger partial charge is 0.454 e. The van der Waals surface area contributed by atoms with Gasteiger partial charge in [-0.25, -0.2) is 4.98 Å². The molecule has 1 aliphatic heterocycles. The van der Waals surface area contributed by atoms with Crippen LogP contribution in [0.15, 0.2) is 22.6 Å². The van der Waals surface area contributed by atoms with E-state index in [0.29, 0.717) is 35.4 Å². The van der Waals surface area contributed by atoms with Crippen molar-refractivity contribution in [2.75, 3.05) is 13.3 Å². The fourth-order valence-electron chi connectivity index (χ4n) is 2.22. The van der Waals surface area contributed by atoms with E-state index in [1.54, 1.807) is 0 Å². The topological polar surface area (TPSA) is 73.6 Å². The molecule has 0 radical (unpaired) electrons. The maximum atomic E-state index is 11.8. The highest BCUT2D eigenvalue weighted by atomic mass is 16.7. The average Bonchev–Trinajstić information content (AvgIpc) is 3.11. The van der Waals surface area contributed by atoms with E-state index in [4.69, 9.17) is 13.9 Å². The van der Waals surface area contributed by atoms with Gasteiger partial charge in [-0.3, -0.25) is 4.79 Å². The van der Waals surface area contributed by atoms with Gasteiger partial charge in [-0.15, -0.1) is 0 Å². The van der Waals surface area contributed by atoms with Crippen molar-refractivity contribution < 1.29 is 18.7 Å². The van der Waals surface area contributed by atoms with E-state index < -0.39 is 0 Å². The van der Waals surface area contributed by atoms with Crippen LogP contribution in [0, 0.1) is 6.92 Å². The smallest absolute Gasteiger partial charge is 0.231 e. The lowest BCUT2D eigenvalue weighted by Crippen LogP contribution is -2.26. The molecule has 22 heavy (non-hydrogen) atoms. The van der Waals surface area contributed by atoms with Crippen LogP contribution in [0.1, 0.15) is 24.8 Å². The van der Waals surface area contributed by atoms with Gasteiger partial charge in [-0.05, 0) is 31.5 Å². The highest BCUT2D eigenvalue weighted by Gasteiger charge is 2.18. The summed E-state index contributed by atoms with van der Waals surface area (Å²) in [4.78, 5) is 16.2. The molecule has 0 aliphatic carbocycles. The number of rotatable bonds is 5. The van der Waals surface area contributed by atoms with Crippen LogP contribution in [0.25, 0.3) is 11.5 Å². The number of aromatic nitrogens is 1. The number of carbonyl (C=O) groups excluding carboxylic acids is 1. The molecule has 0 bridgehead atoms. The second-order valence-electron chi connectivity index (χ2n) is 5.12. The van der Waals surface area contributed by atoms with Gasteiger partial charge in [0.05, 0.1) is 12.1 Å². The van der Waals surface area contributed by atoms with Crippen molar-refractivity contribution in [3.05, 3.63) is 29.7 Å². The molecule has 2 heterocycles. The van der Waals surface area contributed by atoms with Gasteiger partial charge in [0.2, 0.25) is 18.6 Å². The Morgan fingerprint density at radius 1 is 1.32 bits per heavy atom. The lowest BCUT2D eigenvalue weighted by Gasteiger charge is -2.00. The van der Waals surface area contributed by atoms with Crippen molar-refractivity contribution in [2.24, 2.45) is 0 Å². The summed E-state index contributed by atoms with van der Waals surface area (Å²) < 4.78 is 16.3. The molecule has 1 amide bonds. The zero-order chi connectivity index (χ0) is 15.5. The standard InChI is InChI=1S/C16H18N2O4/c1-3-6-17-15(19)8-12-10(2)22-16(18-12)11-4-5-13-14(7-11)21-9-20-13/h4-5,7H,3,6,8-9H2,1-2H3,(H,17,19). The van der Waals surface area contributed by atoms with Crippen LogP contribution in [-0.4, -0.2) is 24.2 Å². The number of carbonyl (C=O) groups is 1. The van der Waals surface area contributed by atoms with Crippen LogP contribution in [0.3, 0.4) is 0 Å². The molecule has 0 unspecified atom stereocenters. The fraction of sp³-hybridized carbons (Fsp3) is 0.375. The van der Waals surface area contributed by atoms with Crippen LogP contribution in [0.2, 0.25) is 0 Å². The van der Waals surface area contributed by atoms with Gasteiger partial charge in [0.25, 0.3) is 0 Å². The number of fused-ring (bicyclic) bond motifs is 1. The van der Waals surface area contributed by atoms with E-state index in [0.717, 1.165) is 12.0 Å². The molecule has 0 saturated carbocycles. The molecule has 0 spiro atoms. The van der Waals surface area contributed by atoms with Gasteiger partial charge in [-0.1, -0.05) is 6.92 Å². The zero-order valence-electron chi connectivity index (χ0n) is 12.6. The molecule has 6 heteroatoms. The maximum absolute atomic E-state index is 11.8. The monoisotopic (exact) mass is 302 g/mol. The first kappa shape index (κ1) is 14.4. The number of benzene rings is 1. The Hall–Kier alpha value is -2.50. The quantitative estimate of drug-likeness (QED) is 0.918. The van der Waals surface area contributed by atoms with Gasteiger partial charge >= 0.3 is 0 Å². The Labute approximate surface area is 128 Å². The molecular weight excluding hydrogens is 284 g/mol. The number of hydrogen-bond donors (Lipinski definition) is 1. The van der Waals surface area contributed by atoms with Crippen molar-refractivity contribution in [2.45, 2.75) is 26.7 Å². The minimum atomic E-state index is -0.0458. The second-order valence-corrected chi connectivity index (χ2v) is 5.12. The summed E-state index contributed by atoms with van der Waals surface area (Å²) in [5.41, 5.74) is 1.45. The summed E-state index contributed by atoms with van der Waals surface area (Å²) in [6.45, 7) is 4.72. The Kier molecular flexibility index (Phi) is 4.00. The van der Waals surface area contributed by atoms with Crippen molar-refractivity contribution in [1.82, 2.24) is 10.3 Å². The average molecular weight is 302 g/mol. The first-order chi connectivity index (χ1) is 10.7. The van der Waals surface area contributed by atoms with Gasteiger partial charge in [0.15, 0.2) is 11.5 Å². The van der Waals surface area contributed by atoms with Crippen LogP contribution in [-0.2, 0) is 11.2 Å². The van der Waals surface area contributed by atoms with Crippen LogP contribution < -0.4 is 14.8 Å². The number of hydrogen-bond acceptors (Lipinski definition) is 5. The molecule has 0 saturated heterocycles. The van der Waals surface area contributed by atoms with E-state index in [-0.39, 0.29) is 19.1 Å². The number of nitrogens with one attached hydrogen (secondary N) is 1. The Balaban J connectivity index is 1.78. The molecule has 116 valence electrons. The summed E-state index contributed by atoms with van der Waals surface area (Å²) in [5.74, 6) is 2.48. The van der Waals surface area contributed by atoms with Crippen molar-refractivity contribution in [3.63, 3.8) is 0 Å². The third-order valence-electron chi connectivity index (χ3n) is 3.41. The van der Waals surface area contributed by atoms with Gasteiger partial charge in [-0.2, -0.15) is 0 Å². The van der Waals surface area contributed by atoms with E-state index in [1.165, 1.54) is 0 Å². The number of oxazole rings is 1. The molecule has 1 aromatic heterocycles. The van der Waals surface area contributed by atoms with Crippen LogP contribution in [0.4, 0.5) is 0 Å². The molecule has 0 fully saturated rings. The van der Waals surface area contributed by atoms with Crippen LogP contribution >= 0.6 is 0 Å². The number of ether oxygens (including phenoxy) is 2. The lowest BCUT2D eigenvalue weighted by atomic mass is 10.2. The molecule has 1 aromatic carbocycles. The Bertz CT molecular complexity index is 693. The number of amides is 1.